The molecule has 0 aliphatic carbocycles. The summed E-state index contributed by atoms with van der Waals surface area (Å²) in [7, 11) is -3.90. The van der Waals surface area contributed by atoms with Crippen LogP contribution in [-0.2, 0) is 14.8 Å². The number of anilines is 2. The summed E-state index contributed by atoms with van der Waals surface area (Å²) >= 11 is 0. The molecule has 0 fully saturated rings. The normalized spacial score (nSPS) is 11.1. The van der Waals surface area contributed by atoms with Crippen LogP contribution in [0.25, 0.3) is 0 Å². The molecule has 0 spiro atoms. The molecule has 0 heterocycles. The molecular formula is C22H22N2O3S. The van der Waals surface area contributed by atoms with E-state index < -0.39 is 15.9 Å². The summed E-state index contributed by atoms with van der Waals surface area (Å²) in [5.74, 6) is -0.412. The molecule has 0 atom stereocenters. The van der Waals surface area contributed by atoms with Crippen molar-refractivity contribution in [3.8, 4) is 0 Å². The topological polar surface area (TPSA) is 66.5 Å². The fraction of sp³-hybridized carbons (Fsp3) is 0.136. The van der Waals surface area contributed by atoms with Gasteiger partial charge in [-0.25, -0.2) is 8.42 Å². The van der Waals surface area contributed by atoms with E-state index in [0.29, 0.717) is 11.4 Å². The number of sulfonamides is 1. The predicted octanol–water partition coefficient (Wildman–Crippen LogP) is 4.14. The molecule has 144 valence electrons. The molecule has 1 amide bonds. The molecule has 28 heavy (non-hydrogen) atoms. The van der Waals surface area contributed by atoms with E-state index in [4.69, 9.17) is 0 Å². The third kappa shape index (κ3) is 4.58. The van der Waals surface area contributed by atoms with Gasteiger partial charge in [-0.2, -0.15) is 0 Å². The lowest BCUT2D eigenvalue weighted by molar-refractivity contribution is -0.114. The molecular weight excluding hydrogens is 372 g/mol. The first kappa shape index (κ1) is 19.6. The van der Waals surface area contributed by atoms with Crippen molar-refractivity contribution in [1.82, 2.24) is 0 Å². The second kappa shape index (κ2) is 8.27. The Kier molecular flexibility index (Phi) is 5.80. The number of hydrogen-bond acceptors (Lipinski definition) is 3. The first-order valence-corrected chi connectivity index (χ1v) is 10.3. The number of para-hydroxylation sites is 1. The van der Waals surface area contributed by atoms with Crippen molar-refractivity contribution in [2.24, 2.45) is 0 Å². The fourth-order valence-electron chi connectivity index (χ4n) is 2.98. The number of nitrogens with one attached hydrogen (secondary N) is 1. The Morgan fingerprint density at radius 3 is 1.96 bits per heavy atom. The van der Waals surface area contributed by atoms with E-state index >= 15 is 0 Å². The number of nitrogens with zero attached hydrogens (tertiary/aromatic N) is 1. The van der Waals surface area contributed by atoms with Crippen LogP contribution in [0.15, 0.2) is 83.8 Å². The lowest BCUT2D eigenvalue weighted by atomic mass is 10.1. The molecule has 0 aliphatic rings. The van der Waals surface area contributed by atoms with Gasteiger partial charge in [-0.3, -0.25) is 9.10 Å². The highest BCUT2D eigenvalue weighted by molar-refractivity contribution is 7.92. The first-order chi connectivity index (χ1) is 13.4. The largest absolute Gasteiger partial charge is 0.325 e. The first-order valence-electron chi connectivity index (χ1n) is 8.87. The number of rotatable bonds is 6. The maximum atomic E-state index is 13.3. The number of hydrogen-bond donors (Lipinski definition) is 1. The molecule has 3 aromatic rings. The van der Waals surface area contributed by atoms with Gasteiger partial charge in [-0.05, 0) is 61.4 Å². The van der Waals surface area contributed by atoms with Crippen LogP contribution in [0.1, 0.15) is 11.1 Å². The van der Waals surface area contributed by atoms with E-state index in [1.165, 1.54) is 12.1 Å². The Balaban J connectivity index is 1.98. The van der Waals surface area contributed by atoms with Crippen LogP contribution in [0.4, 0.5) is 11.4 Å². The molecule has 5 nitrogen and oxygen atoms in total. The third-order valence-corrected chi connectivity index (χ3v) is 5.96. The van der Waals surface area contributed by atoms with Crippen LogP contribution in [0.2, 0.25) is 0 Å². The van der Waals surface area contributed by atoms with E-state index in [1.807, 2.05) is 26.0 Å². The average Bonchev–Trinajstić information content (AvgIpc) is 2.66. The van der Waals surface area contributed by atoms with Crippen LogP contribution in [0.3, 0.4) is 0 Å². The maximum absolute atomic E-state index is 13.3. The van der Waals surface area contributed by atoms with Crippen molar-refractivity contribution >= 4 is 27.3 Å². The van der Waals surface area contributed by atoms with Gasteiger partial charge < -0.3 is 5.32 Å². The van der Waals surface area contributed by atoms with Gasteiger partial charge in [0.2, 0.25) is 5.91 Å². The minimum absolute atomic E-state index is 0.140. The maximum Gasteiger partial charge on any atom is 0.264 e. The monoisotopic (exact) mass is 394 g/mol. The third-order valence-electron chi connectivity index (χ3n) is 4.17. The van der Waals surface area contributed by atoms with Crippen molar-refractivity contribution in [1.29, 1.82) is 0 Å². The molecule has 0 bridgehead atoms. The Morgan fingerprint density at radius 2 is 1.39 bits per heavy atom. The summed E-state index contributed by atoms with van der Waals surface area (Å²) in [5.41, 5.74) is 2.92. The lowest BCUT2D eigenvalue weighted by Crippen LogP contribution is -2.38. The molecule has 3 rings (SSSR count). The van der Waals surface area contributed by atoms with Crippen molar-refractivity contribution in [2.75, 3.05) is 16.2 Å². The number of amides is 1. The van der Waals surface area contributed by atoms with Gasteiger partial charge in [0.15, 0.2) is 0 Å². The minimum atomic E-state index is -3.90. The summed E-state index contributed by atoms with van der Waals surface area (Å²) in [4.78, 5) is 12.8. The van der Waals surface area contributed by atoms with Crippen molar-refractivity contribution in [3.63, 3.8) is 0 Å². The molecule has 0 aromatic heterocycles. The fourth-order valence-corrected chi connectivity index (χ4v) is 4.41. The molecule has 0 saturated carbocycles. The smallest absolute Gasteiger partial charge is 0.264 e. The summed E-state index contributed by atoms with van der Waals surface area (Å²) in [6, 6.07) is 22.6. The zero-order valence-electron chi connectivity index (χ0n) is 15.8. The van der Waals surface area contributed by atoms with E-state index in [9.17, 15) is 13.2 Å². The van der Waals surface area contributed by atoms with Crippen LogP contribution in [0, 0.1) is 13.8 Å². The highest BCUT2D eigenvalue weighted by Crippen LogP contribution is 2.26. The summed E-state index contributed by atoms with van der Waals surface area (Å²) < 4.78 is 27.7. The van der Waals surface area contributed by atoms with E-state index in [0.717, 1.165) is 15.4 Å². The molecule has 3 aromatic carbocycles. The summed E-state index contributed by atoms with van der Waals surface area (Å²) in [5, 5.41) is 2.75. The van der Waals surface area contributed by atoms with Crippen LogP contribution >= 0.6 is 0 Å². The Hall–Kier alpha value is -3.12. The lowest BCUT2D eigenvalue weighted by Gasteiger charge is -2.25. The zero-order valence-corrected chi connectivity index (χ0v) is 16.6. The molecule has 0 unspecified atom stereocenters. The van der Waals surface area contributed by atoms with Gasteiger partial charge in [-0.15, -0.1) is 0 Å². The summed E-state index contributed by atoms with van der Waals surface area (Å²) in [6.45, 7) is 3.47. The Bertz CT molecular complexity index is 1050. The number of aryl methyl sites for hydroxylation is 2. The SMILES string of the molecule is Cc1cc(C)cc(N(CC(=O)Nc2ccccc2)S(=O)(=O)c2ccccc2)c1. The van der Waals surface area contributed by atoms with E-state index in [-0.39, 0.29) is 11.4 Å². The van der Waals surface area contributed by atoms with Crippen LogP contribution in [0.5, 0.6) is 0 Å². The van der Waals surface area contributed by atoms with Crippen LogP contribution < -0.4 is 9.62 Å². The number of carbonyl (C=O) groups is 1. The Morgan fingerprint density at radius 1 is 0.857 bits per heavy atom. The second-order valence-electron chi connectivity index (χ2n) is 6.58. The molecule has 0 aliphatic heterocycles. The minimum Gasteiger partial charge on any atom is -0.325 e. The average molecular weight is 394 g/mol. The second-order valence-corrected chi connectivity index (χ2v) is 8.45. The predicted molar refractivity (Wildman–Crippen MR) is 112 cm³/mol. The standard InChI is InChI=1S/C22H22N2O3S/c1-17-13-18(2)15-20(14-17)24(28(26,27)21-11-7-4-8-12-21)16-22(25)23-19-9-5-3-6-10-19/h3-15H,16H2,1-2H3,(H,23,25). The van der Waals surface area contributed by atoms with Gasteiger partial charge in [0.05, 0.1) is 10.6 Å². The van der Waals surface area contributed by atoms with Crippen molar-refractivity contribution in [3.05, 3.63) is 90.0 Å². The number of carbonyl (C=O) groups excluding carboxylic acids is 1. The molecule has 0 radical (unpaired) electrons. The highest BCUT2D eigenvalue weighted by atomic mass is 32.2. The van der Waals surface area contributed by atoms with Gasteiger partial charge in [-0.1, -0.05) is 42.5 Å². The molecule has 6 heteroatoms. The number of benzene rings is 3. The van der Waals surface area contributed by atoms with Crippen molar-refractivity contribution in [2.45, 2.75) is 18.7 Å². The quantitative estimate of drug-likeness (QED) is 0.683. The highest BCUT2D eigenvalue weighted by Gasteiger charge is 2.27. The van der Waals surface area contributed by atoms with Gasteiger partial charge in [0.25, 0.3) is 10.0 Å². The Labute approximate surface area is 165 Å². The summed E-state index contributed by atoms with van der Waals surface area (Å²) in [6.07, 6.45) is 0. The van der Waals surface area contributed by atoms with Gasteiger partial charge >= 0.3 is 0 Å². The van der Waals surface area contributed by atoms with E-state index in [2.05, 4.69) is 5.32 Å². The van der Waals surface area contributed by atoms with Crippen LogP contribution in [-0.4, -0.2) is 20.9 Å². The van der Waals surface area contributed by atoms with Gasteiger partial charge in [0.1, 0.15) is 6.54 Å². The zero-order chi connectivity index (χ0) is 20.1. The van der Waals surface area contributed by atoms with Gasteiger partial charge in [0, 0.05) is 5.69 Å². The molecule has 1 N–H and O–H groups in total. The molecule has 0 saturated heterocycles. The van der Waals surface area contributed by atoms with E-state index in [1.54, 1.807) is 54.6 Å². The van der Waals surface area contributed by atoms with Crippen molar-refractivity contribution < 1.29 is 13.2 Å².